The Morgan fingerprint density at radius 2 is 2.07 bits per heavy atom. The zero-order valence-corrected chi connectivity index (χ0v) is 17.8. The molecule has 0 saturated heterocycles. The van der Waals surface area contributed by atoms with Crippen LogP contribution in [-0.2, 0) is 11.3 Å². The van der Waals surface area contributed by atoms with Gasteiger partial charge < -0.3 is 19.0 Å². The van der Waals surface area contributed by atoms with Crippen molar-refractivity contribution in [3.63, 3.8) is 0 Å². The van der Waals surface area contributed by atoms with E-state index in [0.29, 0.717) is 18.0 Å². The molecule has 0 spiro atoms. The second-order valence-corrected chi connectivity index (χ2v) is 7.41. The van der Waals surface area contributed by atoms with Crippen molar-refractivity contribution in [1.82, 2.24) is 14.8 Å². The van der Waals surface area contributed by atoms with Crippen molar-refractivity contribution in [2.75, 3.05) is 17.7 Å². The zero-order chi connectivity index (χ0) is 20.6. The van der Waals surface area contributed by atoms with E-state index in [4.69, 9.17) is 9.15 Å². The lowest BCUT2D eigenvalue weighted by atomic mass is 10.2. The number of nitrogens with one attached hydrogen (secondary N) is 1. The van der Waals surface area contributed by atoms with Crippen molar-refractivity contribution in [2.45, 2.75) is 45.3 Å². The molecule has 1 amide bonds. The molecule has 0 bridgehead atoms. The highest BCUT2D eigenvalue weighted by Gasteiger charge is 2.18. The number of aryl methyl sites for hydroxylation is 1. The van der Waals surface area contributed by atoms with E-state index in [9.17, 15) is 4.79 Å². The number of anilines is 1. The molecule has 2 aromatic heterocycles. The number of aromatic nitrogens is 3. The number of thioether (sulfide) groups is 1. The third-order valence-electron chi connectivity index (χ3n) is 4.35. The van der Waals surface area contributed by atoms with Crippen LogP contribution in [0.15, 0.2) is 46.2 Å². The summed E-state index contributed by atoms with van der Waals surface area (Å²) in [5.74, 6) is 2.35. The van der Waals surface area contributed by atoms with Crippen molar-refractivity contribution >= 4 is 23.4 Å². The minimum Gasteiger partial charge on any atom is -0.492 e. The number of hydrogen-bond donors (Lipinski definition) is 1. The fraction of sp³-hybridized carbons (Fsp3) is 0.381. The van der Waals surface area contributed by atoms with Crippen LogP contribution in [0.1, 0.15) is 32.4 Å². The highest BCUT2D eigenvalue weighted by molar-refractivity contribution is 7.99. The first-order valence-electron chi connectivity index (χ1n) is 9.76. The molecule has 8 heteroatoms. The molecular weight excluding hydrogens is 388 g/mol. The van der Waals surface area contributed by atoms with Gasteiger partial charge in [-0.15, -0.1) is 10.2 Å². The number of amides is 1. The van der Waals surface area contributed by atoms with Gasteiger partial charge in [0.1, 0.15) is 11.5 Å². The lowest BCUT2D eigenvalue weighted by Crippen LogP contribution is -2.15. The summed E-state index contributed by atoms with van der Waals surface area (Å²) < 4.78 is 13.0. The summed E-state index contributed by atoms with van der Waals surface area (Å²) in [5.41, 5.74) is 1.60. The number of nitrogens with zero attached hydrogens (tertiary/aromatic N) is 3. The van der Waals surface area contributed by atoms with Crippen molar-refractivity contribution in [3.05, 3.63) is 42.4 Å². The Morgan fingerprint density at radius 3 is 2.79 bits per heavy atom. The largest absolute Gasteiger partial charge is 0.492 e. The number of rotatable bonds is 10. The second-order valence-electron chi connectivity index (χ2n) is 6.47. The van der Waals surface area contributed by atoms with Gasteiger partial charge in [0, 0.05) is 6.54 Å². The van der Waals surface area contributed by atoms with Crippen LogP contribution < -0.4 is 10.1 Å². The molecule has 0 aliphatic carbocycles. The van der Waals surface area contributed by atoms with Crippen LogP contribution in [-0.4, -0.2) is 33.0 Å². The molecule has 0 atom stereocenters. The van der Waals surface area contributed by atoms with Gasteiger partial charge in [0.15, 0.2) is 11.0 Å². The SMILES string of the molecule is CCCCn1c(SCC(=O)Nc2ccccc2OCC)nnc1-c1ccoc1C. The van der Waals surface area contributed by atoms with Crippen molar-refractivity contribution in [1.29, 1.82) is 0 Å². The van der Waals surface area contributed by atoms with Gasteiger partial charge in [-0.05, 0) is 38.5 Å². The fourth-order valence-electron chi connectivity index (χ4n) is 2.90. The molecular formula is C21H26N4O3S. The monoisotopic (exact) mass is 414 g/mol. The molecule has 3 aromatic rings. The van der Waals surface area contributed by atoms with Crippen molar-refractivity contribution in [3.8, 4) is 17.1 Å². The molecule has 0 unspecified atom stereocenters. The van der Waals surface area contributed by atoms with E-state index in [1.165, 1.54) is 11.8 Å². The first kappa shape index (κ1) is 21.0. The highest BCUT2D eigenvalue weighted by atomic mass is 32.2. The average Bonchev–Trinajstić information content (AvgIpc) is 3.31. The molecule has 0 fully saturated rings. The predicted molar refractivity (Wildman–Crippen MR) is 114 cm³/mol. The number of ether oxygens (including phenoxy) is 1. The van der Waals surface area contributed by atoms with Crippen molar-refractivity contribution in [2.24, 2.45) is 0 Å². The minimum absolute atomic E-state index is 0.117. The summed E-state index contributed by atoms with van der Waals surface area (Å²) in [7, 11) is 0. The molecule has 7 nitrogen and oxygen atoms in total. The summed E-state index contributed by atoms with van der Waals surface area (Å²) in [6.07, 6.45) is 3.71. The van der Waals surface area contributed by atoms with Gasteiger partial charge in [0.05, 0.1) is 29.9 Å². The molecule has 3 rings (SSSR count). The maximum atomic E-state index is 12.5. The Bertz CT molecular complexity index is 951. The topological polar surface area (TPSA) is 82.2 Å². The number of para-hydroxylation sites is 2. The molecule has 0 aliphatic rings. The van der Waals surface area contributed by atoms with Gasteiger partial charge >= 0.3 is 0 Å². The number of benzene rings is 1. The summed E-state index contributed by atoms with van der Waals surface area (Å²) >= 11 is 1.37. The maximum Gasteiger partial charge on any atom is 0.234 e. The summed E-state index contributed by atoms with van der Waals surface area (Å²) in [4.78, 5) is 12.5. The standard InChI is InChI=1S/C21H26N4O3S/c1-4-6-12-25-20(16-11-13-28-15(16)3)23-24-21(25)29-14-19(26)22-17-9-7-8-10-18(17)27-5-2/h7-11,13H,4-6,12,14H2,1-3H3,(H,22,26). The Kier molecular flexibility index (Phi) is 7.35. The highest BCUT2D eigenvalue weighted by Crippen LogP contribution is 2.28. The summed E-state index contributed by atoms with van der Waals surface area (Å²) in [6.45, 7) is 7.29. The summed E-state index contributed by atoms with van der Waals surface area (Å²) in [6, 6.07) is 9.31. The molecule has 2 heterocycles. The quantitative estimate of drug-likeness (QED) is 0.481. The second kappa shape index (κ2) is 10.2. The van der Waals surface area contributed by atoms with Crippen LogP contribution in [0.2, 0.25) is 0 Å². The average molecular weight is 415 g/mol. The Labute approximate surface area is 174 Å². The van der Waals surface area contributed by atoms with Crippen LogP contribution in [0.3, 0.4) is 0 Å². The first-order valence-corrected chi connectivity index (χ1v) is 10.7. The molecule has 0 radical (unpaired) electrons. The maximum absolute atomic E-state index is 12.5. The van der Waals surface area contributed by atoms with E-state index >= 15 is 0 Å². The van der Waals surface area contributed by atoms with Gasteiger partial charge in [-0.25, -0.2) is 0 Å². The van der Waals surface area contributed by atoms with E-state index in [-0.39, 0.29) is 11.7 Å². The Hall–Kier alpha value is -2.74. The van der Waals surface area contributed by atoms with Crippen LogP contribution in [0, 0.1) is 6.92 Å². The Balaban J connectivity index is 1.71. The molecule has 0 aliphatic heterocycles. The predicted octanol–water partition coefficient (Wildman–Crippen LogP) is 4.78. The molecule has 1 aromatic carbocycles. The molecule has 1 N–H and O–H groups in total. The summed E-state index contributed by atoms with van der Waals surface area (Å²) in [5, 5.41) is 12.3. The fourth-order valence-corrected chi connectivity index (χ4v) is 3.66. The van der Waals surface area contributed by atoms with Gasteiger partial charge in [-0.3, -0.25) is 4.79 Å². The van der Waals surface area contributed by atoms with E-state index in [1.807, 2.05) is 44.2 Å². The van der Waals surface area contributed by atoms with Crippen LogP contribution in [0.4, 0.5) is 5.69 Å². The smallest absolute Gasteiger partial charge is 0.234 e. The third kappa shape index (κ3) is 5.20. The normalized spacial score (nSPS) is 10.9. The van der Waals surface area contributed by atoms with Crippen LogP contribution in [0.25, 0.3) is 11.4 Å². The molecule has 29 heavy (non-hydrogen) atoms. The number of unbranched alkanes of at least 4 members (excludes halogenated alkanes) is 1. The Morgan fingerprint density at radius 1 is 1.24 bits per heavy atom. The zero-order valence-electron chi connectivity index (χ0n) is 17.0. The van der Waals surface area contributed by atoms with E-state index in [1.54, 1.807) is 6.26 Å². The molecule has 0 saturated carbocycles. The van der Waals surface area contributed by atoms with Gasteiger partial charge in [0.2, 0.25) is 5.91 Å². The number of furan rings is 1. The number of carbonyl (C=O) groups is 1. The molecule has 154 valence electrons. The van der Waals surface area contributed by atoms with Crippen molar-refractivity contribution < 1.29 is 13.9 Å². The lowest BCUT2D eigenvalue weighted by Gasteiger charge is -2.11. The van der Waals surface area contributed by atoms with Crippen LogP contribution >= 0.6 is 11.8 Å². The first-order chi connectivity index (χ1) is 14.1. The van der Waals surface area contributed by atoms with E-state index in [0.717, 1.165) is 41.7 Å². The van der Waals surface area contributed by atoms with Gasteiger partial charge in [-0.1, -0.05) is 37.2 Å². The van der Waals surface area contributed by atoms with Crippen LogP contribution in [0.5, 0.6) is 5.75 Å². The van der Waals surface area contributed by atoms with Gasteiger partial charge in [-0.2, -0.15) is 0 Å². The minimum atomic E-state index is -0.117. The lowest BCUT2D eigenvalue weighted by molar-refractivity contribution is -0.113. The van der Waals surface area contributed by atoms with E-state index in [2.05, 4.69) is 27.0 Å². The number of hydrogen-bond acceptors (Lipinski definition) is 6. The number of carbonyl (C=O) groups excluding carboxylic acids is 1. The van der Waals surface area contributed by atoms with E-state index < -0.39 is 0 Å². The van der Waals surface area contributed by atoms with Gasteiger partial charge in [0.25, 0.3) is 0 Å². The third-order valence-corrected chi connectivity index (χ3v) is 5.31.